The number of nitrogens with zero attached hydrogens (tertiary/aromatic N) is 4. The lowest BCUT2D eigenvalue weighted by Crippen LogP contribution is -2.52. The molecule has 1 aromatic heterocycles. The number of nitrogens with one attached hydrogen (secondary N) is 1. The molecular formula is C31H37F2N5O3. The monoisotopic (exact) mass is 565 g/mol. The molecule has 3 aliphatic heterocycles. The number of H-pyrrole nitrogens is 1. The summed E-state index contributed by atoms with van der Waals surface area (Å²) in [7, 11) is 0. The normalized spacial score (nSPS) is 19.7. The van der Waals surface area contributed by atoms with Crippen LogP contribution in [0.5, 0.6) is 0 Å². The Balaban J connectivity index is 1.11. The van der Waals surface area contributed by atoms with Crippen LogP contribution in [0.4, 0.5) is 8.78 Å². The third-order valence-corrected chi connectivity index (χ3v) is 8.79. The number of para-hydroxylation sites is 1. The second-order valence-electron chi connectivity index (χ2n) is 11.3. The number of piperazine rings is 1. The van der Waals surface area contributed by atoms with Gasteiger partial charge in [0, 0.05) is 67.8 Å². The Hall–Kier alpha value is -3.34. The molecule has 2 amide bonds. The molecule has 0 radical (unpaired) electrons. The van der Waals surface area contributed by atoms with Crippen LogP contribution in [0.2, 0.25) is 0 Å². The van der Waals surface area contributed by atoms with Gasteiger partial charge in [-0.25, -0.2) is 8.78 Å². The van der Waals surface area contributed by atoms with Crippen LogP contribution in [0.25, 0.3) is 10.9 Å². The molecule has 0 saturated carbocycles. The summed E-state index contributed by atoms with van der Waals surface area (Å²) in [6.45, 7) is 7.21. The van der Waals surface area contributed by atoms with Gasteiger partial charge in [-0.2, -0.15) is 0 Å². The average molecular weight is 566 g/mol. The van der Waals surface area contributed by atoms with Crippen LogP contribution in [-0.4, -0.2) is 109 Å². The van der Waals surface area contributed by atoms with E-state index >= 15 is 0 Å². The number of halogens is 2. The minimum absolute atomic E-state index is 0.0290. The lowest BCUT2D eigenvalue weighted by atomic mass is 9.88. The van der Waals surface area contributed by atoms with E-state index in [1.54, 1.807) is 0 Å². The number of fused-ring (bicyclic) bond motifs is 1. The van der Waals surface area contributed by atoms with Crippen LogP contribution in [0.15, 0.2) is 42.5 Å². The van der Waals surface area contributed by atoms with E-state index in [4.69, 9.17) is 4.74 Å². The number of morpholine rings is 1. The topological polar surface area (TPSA) is 72.1 Å². The van der Waals surface area contributed by atoms with Crippen LogP contribution in [-0.2, 0) is 16.1 Å². The van der Waals surface area contributed by atoms with E-state index in [9.17, 15) is 18.4 Å². The Morgan fingerprint density at radius 3 is 2.20 bits per heavy atom. The van der Waals surface area contributed by atoms with Crippen molar-refractivity contribution in [2.75, 3.05) is 72.1 Å². The van der Waals surface area contributed by atoms with Gasteiger partial charge in [0.25, 0.3) is 5.91 Å². The molecule has 6 rings (SSSR count). The summed E-state index contributed by atoms with van der Waals surface area (Å²) in [5.41, 5.74) is 2.68. The third-order valence-electron chi connectivity index (χ3n) is 8.79. The minimum Gasteiger partial charge on any atom is -0.378 e. The molecule has 4 heterocycles. The maximum absolute atomic E-state index is 14.4. The first-order valence-electron chi connectivity index (χ1n) is 14.6. The first-order valence-corrected chi connectivity index (χ1v) is 14.6. The van der Waals surface area contributed by atoms with Gasteiger partial charge >= 0.3 is 0 Å². The summed E-state index contributed by atoms with van der Waals surface area (Å²) in [6.07, 6.45) is 1.32. The predicted octanol–water partition coefficient (Wildman–Crippen LogP) is 3.44. The number of aromatic nitrogens is 1. The number of likely N-dealkylation sites (tertiary alicyclic amines) is 1. The molecular weight excluding hydrogens is 528 g/mol. The van der Waals surface area contributed by atoms with Gasteiger partial charge in [0.15, 0.2) is 0 Å². The van der Waals surface area contributed by atoms with E-state index in [-0.39, 0.29) is 23.3 Å². The smallest absolute Gasteiger partial charge is 0.270 e. The van der Waals surface area contributed by atoms with Gasteiger partial charge in [0.1, 0.15) is 17.3 Å². The summed E-state index contributed by atoms with van der Waals surface area (Å²) in [4.78, 5) is 38.0. The lowest BCUT2D eigenvalue weighted by Gasteiger charge is -2.36. The third kappa shape index (κ3) is 6.00. The molecule has 0 unspecified atom stereocenters. The zero-order chi connectivity index (χ0) is 28.3. The minimum atomic E-state index is -0.474. The highest BCUT2D eigenvalue weighted by Crippen LogP contribution is 2.33. The standard InChI is InChI=1S/C31H37F2N5O3/c32-25-5-3-6-26(33)29(25)22-8-10-35(11-9-22)20-24-23-4-1-2-7-27(23)34-30(24)31(40)38-14-12-36(13-15-38)21-28(39)37-16-18-41-19-17-37/h1-7,22,34H,8-21H2. The Morgan fingerprint density at radius 1 is 0.805 bits per heavy atom. The van der Waals surface area contributed by atoms with E-state index in [0.717, 1.165) is 16.5 Å². The van der Waals surface area contributed by atoms with Gasteiger partial charge in [-0.1, -0.05) is 24.3 Å². The van der Waals surface area contributed by atoms with Crippen molar-refractivity contribution in [3.63, 3.8) is 0 Å². The molecule has 1 N–H and O–H groups in total. The van der Waals surface area contributed by atoms with Gasteiger partial charge in [0.2, 0.25) is 5.91 Å². The van der Waals surface area contributed by atoms with Crippen molar-refractivity contribution < 1.29 is 23.1 Å². The maximum atomic E-state index is 14.4. The molecule has 3 aliphatic rings. The van der Waals surface area contributed by atoms with E-state index in [1.807, 2.05) is 34.1 Å². The van der Waals surface area contributed by atoms with Crippen molar-refractivity contribution in [3.05, 3.63) is 70.9 Å². The molecule has 41 heavy (non-hydrogen) atoms. The number of ether oxygens (including phenoxy) is 1. The van der Waals surface area contributed by atoms with Gasteiger partial charge in [0.05, 0.1) is 19.8 Å². The van der Waals surface area contributed by atoms with Crippen molar-refractivity contribution in [2.45, 2.75) is 25.3 Å². The van der Waals surface area contributed by atoms with Crippen molar-refractivity contribution >= 4 is 22.7 Å². The fourth-order valence-electron chi connectivity index (χ4n) is 6.42. The first kappa shape index (κ1) is 27.8. The Bertz CT molecular complexity index is 1370. The van der Waals surface area contributed by atoms with Crippen LogP contribution in [0, 0.1) is 11.6 Å². The lowest BCUT2D eigenvalue weighted by molar-refractivity contribution is -0.136. The van der Waals surface area contributed by atoms with Crippen LogP contribution in [0.1, 0.15) is 40.4 Å². The van der Waals surface area contributed by atoms with Crippen LogP contribution < -0.4 is 0 Å². The molecule has 0 spiro atoms. The zero-order valence-electron chi connectivity index (χ0n) is 23.3. The summed E-state index contributed by atoms with van der Waals surface area (Å²) in [6, 6.07) is 12.0. The Kier molecular flexibility index (Phi) is 8.32. The van der Waals surface area contributed by atoms with Gasteiger partial charge in [-0.3, -0.25) is 19.4 Å². The molecule has 0 bridgehead atoms. The van der Waals surface area contributed by atoms with E-state index in [1.165, 1.54) is 18.2 Å². The second kappa shape index (κ2) is 12.3. The highest BCUT2D eigenvalue weighted by atomic mass is 19.1. The number of rotatable bonds is 6. The molecule has 3 aromatic rings. The van der Waals surface area contributed by atoms with Gasteiger partial charge in [-0.15, -0.1) is 0 Å². The number of piperidine rings is 1. The van der Waals surface area contributed by atoms with Crippen molar-refractivity contribution in [2.24, 2.45) is 0 Å². The molecule has 0 aliphatic carbocycles. The predicted molar refractivity (Wildman–Crippen MR) is 152 cm³/mol. The van der Waals surface area contributed by atoms with Crippen molar-refractivity contribution in [3.8, 4) is 0 Å². The van der Waals surface area contributed by atoms with E-state index in [0.29, 0.717) is 97.2 Å². The molecule has 218 valence electrons. The quantitative estimate of drug-likeness (QED) is 0.496. The molecule has 10 heteroatoms. The summed E-state index contributed by atoms with van der Waals surface area (Å²) >= 11 is 0. The Morgan fingerprint density at radius 2 is 1.49 bits per heavy atom. The number of hydrogen-bond donors (Lipinski definition) is 1. The number of benzene rings is 2. The highest BCUT2D eigenvalue weighted by molar-refractivity contribution is 6.01. The molecule has 3 saturated heterocycles. The number of aromatic amines is 1. The number of carbonyl (C=O) groups is 2. The van der Waals surface area contributed by atoms with E-state index in [2.05, 4.69) is 14.8 Å². The van der Waals surface area contributed by atoms with Gasteiger partial charge in [-0.05, 0) is 50.0 Å². The molecule has 3 fully saturated rings. The molecule has 0 atom stereocenters. The number of hydrogen-bond acceptors (Lipinski definition) is 5. The molecule has 2 aromatic carbocycles. The fraction of sp³-hybridized carbons (Fsp3) is 0.484. The molecule has 8 nitrogen and oxygen atoms in total. The van der Waals surface area contributed by atoms with Crippen molar-refractivity contribution in [1.29, 1.82) is 0 Å². The SMILES string of the molecule is O=C(CN1CCN(C(=O)c2[nH]c3ccccc3c2CN2CCC(c3c(F)cccc3F)CC2)CC1)N1CCOCC1. The maximum Gasteiger partial charge on any atom is 0.270 e. The fourth-order valence-corrected chi connectivity index (χ4v) is 6.42. The van der Waals surface area contributed by atoms with Crippen molar-refractivity contribution in [1.82, 2.24) is 24.6 Å². The zero-order valence-corrected chi connectivity index (χ0v) is 23.3. The summed E-state index contributed by atoms with van der Waals surface area (Å²) in [5, 5.41) is 1.02. The number of carbonyl (C=O) groups excluding carboxylic acids is 2. The first-order chi connectivity index (χ1) is 20.0. The number of amides is 2. The summed E-state index contributed by atoms with van der Waals surface area (Å²) < 4.78 is 34.1. The summed E-state index contributed by atoms with van der Waals surface area (Å²) in [5.74, 6) is -1.01. The van der Waals surface area contributed by atoms with Crippen LogP contribution in [0.3, 0.4) is 0 Å². The van der Waals surface area contributed by atoms with Crippen LogP contribution >= 0.6 is 0 Å². The largest absolute Gasteiger partial charge is 0.378 e. The van der Waals surface area contributed by atoms with Gasteiger partial charge < -0.3 is 19.5 Å². The highest BCUT2D eigenvalue weighted by Gasteiger charge is 2.30. The average Bonchev–Trinajstić information content (AvgIpc) is 3.36. The second-order valence-corrected chi connectivity index (χ2v) is 11.3. The van der Waals surface area contributed by atoms with E-state index < -0.39 is 11.6 Å². The Labute approximate surface area is 238 Å².